The van der Waals surface area contributed by atoms with Crippen LogP contribution >= 0.6 is 11.6 Å². The zero-order valence-corrected chi connectivity index (χ0v) is 17.1. The molecular formula is C20H25ClN4O3. The minimum absolute atomic E-state index is 0.0555. The van der Waals surface area contributed by atoms with Gasteiger partial charge in [-0.05, 0) is 44.9 Å². The summed E-state index contributed by atoms with van der Waals surface area (Å²) in [5, 5.41) is 13.8. The summed E-state index contributed by atoms with van der Waals surface area (Å²) in [5.41, 5.74) is 1.07. The number of rotatable bonds is 4. The van der Waals surface area contributed by atoms with Crippen LogP contribution in [0.5, 0.6) is 0 Å². The van der Waals surface area contributed by atoms with Crippen LogP contribution in [-0.4, -0.2) is 58.7 Å². The van der Waals surface area contributed by atoms with Gasteiger partial charge in [-0.15, -0.1) is 0 Å². The first-order valence-corrected chi connectivity index (χ1v) is 9.65. The predicted octanol–water partition coefficient (Wildman–Crippen LogP) is 3.15. The largest absolute Gasteiger partial charge is 0.465 e. The van der Waals surface area contributed by atoms with E-state index in [1.807, 2.05) is 43.9 Å². The molecule has 0 unspecified atom stereocenters. The fourth-order valence-corrected chi connectivity index (χ4v) is 3.65. The predicted molar refractivity (Wildman–Crippen MR) is 110 cm³/mol. The van der Waals surface area contributed by atoms with Crippen LogP contribution in [0.1, 0.15) is 26.3 Å². The number of pyridine rings is 1. The van der Waals surface area contributed by atoms with Gasteiger partial charge in [-0.2, -0.15) is 0 Å². The Morgan fingerprint density at radius 1 is 1.39 bits per heavy atom. The van der Waals surface area contributed by atoms with Gasteiger partial charge in [-0.25, -0.2) is 9.78 Å². The molecule has 7 nitrogen and oxygen atoms in total. The number of hydrogen-bond acceptors (Lipinski definition) is 4. The van der Waals surface area contributed by atoms with Crippen molar-refractivity contribution in [3.05, 3.63) is 34.9 Å². The van der Waals surface area contributed by atoms with Crippen molar-refractivity contribution < 1.29 is 14.7 Å². The first-order chi connectivity index (χ1) is 13.2. The third-order valence-corrected chi connectivity index (χ3v) is 5.14. The normalized spacial score (nSPS) is 14.9. The fraction of sp³-hybridized carbons (Fsp3) is 0.450. The topological polar surface area (TPSA) is 85.8 Å². The molecule has 0 radical (unpaired) electrons. The second kappa shape index (κ2) is 7.83. The number of carboxylic acid groups (broad SMARTS) is 1. The molecule has 1 saturated heterocycles. The van der Waals surface area contributed by atoms with Crippen LogP contribution in [0, 0.1) is 0 Å². The van der Waals surface area contributed by atoms with E-state index in [4.69, 9.17) is 16.6 Å². The van der Waals surface area contributed by atoms with Gasteiger partial charge >= 0.3 is 6.09 Å². The second-order valence-electron chi connectivity index (χ2n) is 7.91. The maximum absolute atomic E-state index is 11.9. The highest BCUT2D eigenvalue weighted by atomic mass is 35.5. The molecule has 0 aliphatic carbocycles. The van der Waals surface area contributed by atoms with Gasteiger partial charge in [-0.3, -0.25) is 4.79 Å². The smallest absolute Gasteiger partial charge is 0.407 e. The van der Waals surface area contributed by atoms with Crippen molar-refractivity contribution in [3.8, 4) is 0 Å². The van der Waals surface area contributed by atoms with Crippen LogP contribution in [0.15, 0.2) is 24.3 Å². The van der Waals surface area contributed by atoms with Crippen LogP contribution < -0.4 is 10.2 Å². The number of fused-ring (bicyclic) bond motifs is 1. The number of hydrogen-bond donors (Lipinski definition) is 2. The number of nitrogens with one attached hydrogen (secondary N) is 1. The fourth-order valence-electron chi connectivity index (χ4n) is 3.42. The molecular weight excluding hydrogens is 380 g/mol. The Kier molecular flexibility index (Phi) is 5.65. The minimum Gasteiger partial charge on any atom is -0.465 e. The van der Waals surface area contributed by atoms with Gasteiger partial charge in [0.15, 0.2) is 0 Å². The summed E-state index contributed by atoms with van der Waals surface area (Å²) in [7, 11) is 0. The molecule has 2 amide bonds. The van der Waals surface area contributed by atoms with E-state index in [1.165, 1.54) is 4.90 Å². The summed E-state index contributed by atoms with van der Waals surface area (Å²) < 4.78 is 0. The number of anilines is 1. The molecule has 1 fully saturated rings. The lowest BCUT2D eigenvalue weighted by Crippen LogP contribution is -2.48. The Morgan fingerprint density at radius 3 is 2.79 bits per heavy atom. The number of benzene rings is 1. The molecule has 28 heavy (non-hydrogen) atoms. The summed E-state index contributed by atoms with van der Waals surface area (Å²) in [6, 6.07) is 7.58. The van der Waals surface area contributed by atoms with E-state index in [-0.39, 0.29) is 12.5 Å². The Labute approximate surface area is 169 Å². The monoisotopic (exact) mass is 404 g/mol. The van der Waals surface area contributed by atoms with Crippen molar-refractivity contribution in [3.63, 3.8) is 0 Å². The third-order valence-electron chi connectivity index (χ3n) is 4.84. The number of carbonyl (C=O) groups is 2. The van der Waals surface area contributed by atoms with Gasteiger partial charge in [-0.1, -0.05) is 23.7 Å². The van der Waals surface area contributed by atoms with E-state index in [0.717, 1.165) is 10.9 Å². The molecule has 0 bridgehead atoms. The van der Waals surface area contributed by atoms with Crippen LogP contribution in [0.4, 0.5) is 10.6 Å². The van der Waals surface area contributed by atoms with E-state index < -0.39 is 11.6 Å². The number of aromatic nitrogens is 1. The van der Waals surface area contributed by atoms with Gasteiger partial charge in [0.05, 0.1) is 17.1 Å². The average molecular weight is 405 g/mol. The van der Waals surface area contributed by atoms with Crippen LogP contribution in [0.2, 0.25) is 5.02 Å². The van der Waals surface area contributed by atoms with E-state index in [1.54, 1.807) is 6.07 Å². The Hall–Kier alpha value is -2.54. The van der Waals surface area contributed by atoms with Crippen molar-refractivity contribution in [2.75, 3.05) is 31.1 Å². The summed E-state index contributed by atoms with van der Waals surface area (Å²) >= 11 is 6.33. The Bertz CT molecular complexity index is 910. The lowest BCUT2D eigenvalue weighted by atomic mass is 10.0. The van der Waals surface area contributed by atoms with Gasteiger partial charge in [0, 0.05) is 30.6 Å². The molecule has 1 aromatic carbocycles. The number of piperazine rings is 1. The van der Waals surface area contributed by atoms with Crippen LogP contribution in [0.3, 0.4) is 0 Å². The summed E-state index contributed by atoms with van der Waals surface area (Å²) in [4.78, 5) is 31.7. The van der Waals surface area contributed by atoms with E-state index in [2.05, 4.69) is 5.32 Å². The SMILES string of the molecule is CC(C)(C)N(CCc1cc2cccc(Cl)c2nc1N1CCNC(=O)C1)C(=O)O. The number of halogens is 1. The van der Waals surface area contributed by atoms with Crippen LogP contribution in [-0.2, 0) is 11.2 Å². The molecule has 1 aromatic heterocycles. The third kappa shape index (κ3) is 4.30. The molecule has 2 heterocycles. The summed E-state index contributed by atoms with van der Waals surface area (Å²) in [5.74, 6) is 0.634. The number of nitrogens with zero attached hydrogens (tertiary/aromatic N) is 3. The van der Waals surface area contributed by atoms with Crippen molar-refractivity contribution >= 4 is 40.3 Å². The van der Waals surface area contributed by atoms with E-state index in [9.17, 15) is 14.7 Å². The molecule has 0 atom stereocenters. The number of para-hydroxylation sites is 1. The quantitative estimate of drug-likeness (QED) is 0.817. The van der Waals surface area contributed by atoms with Crippen molar-refractivity contribution in [1.82, 2.24) is 15.2 Å². The molecule has 1 aliphatic rings. The zero-order chi connectivity index (χ0) is 20.5. The van der Waals surface area contributed by atoms with Crippen molar-refractivity contribution in [1.29, 1.82) is 0 Å². The summed E-state index contributed by atoms with van der Waals surface area (Å²) in [6.07, 6.45) is -0.463. The Balaban J connectivity index is 2.00. The van der Waals surface area contributed by atoms with Gasteiger partial charge in [0.1, 0.15) is 5.82 Å². The van der Waals surface area contributed by atoms with Crippen molar-refractivity contribution in [2.24, 2.45) is 0 Å². The summed E-state index contributed by atoms with van der Waals surface area (Å²) in [6.45, 7) is 7.35. The standard InChI is InChI=1S/C20H25ClN4O3/c1-20(2,3)25(19(27)28)9-7-14-11-13-5-4-6-15(21)17(13)23-18(14)24-10-8-22-16(26)12-24/h4-6,11H,7-10,12H2,1-3H3,(H,22,26)(H,27,28). The number of amides is 2. The molecule has 1 aliphatic heterocycles. The highest BCUT2D eigenvalue weighted by molar-refractivity contribution is 6.35. The lowest BCUT2D eigenvalue weighted by molar-refractivity contribution is -0.120. The lowest BCUT2D eigenvalue weighted by Gasteiger charge is -2.34. The van der Waals surface area contributed by atoms with Gasteiger partial charge in [0.25, 0.3) is 0 Å². The minimum atomic E-state index is -0.955. The van der Waals surface area contributed by atoms with E-state index in [0.29, 0.717) is 42.4 Å². The molecule has 0 saturated carbocycles. The van der Waals surface area contributed by atoms with Crippen molar-refractivity contribution in [2.45, 2.75) is 32.7 Å². The van der Waals surface area contributed by atoms with Crippen LogP contribution in [0.25, 0.3) is 10.9 Å². The van der Waals surface area contributed by atoms with Gasteiger partial charge < -0.3 is 20.2 Å². The first-order valence-electron chi connectivity index (χ1n) is 9.27. The molecule has 2 aromatic rings. The second-order valence-corrected chi connectivity index (χ2v) is 8.32. The van der Waals surface area contributed by atoms with Gasteiger partial charge in [0.2, 0.25) is 5.91 Å². The first kappa shape index (κ1) is 20.2. The highest BCUT2D eigenvalue weighted by Gasteiger charge is 2.27. The zero-order valence-electron chi connectivity index (χ0n) is 16.3. The molecule has 8 heteroatoms. The molecule has 150 valence electrons. The Morgan fingerprint density at radius 2 is 2.14 bits per heavy atom. The molecule has 0 spiro atoms. The molecule has 2 N–H and O–H groups in total. The maximum atomic E-state index is 11.9. The number of carbonyl (C=O) groups excluding carboxylic acids is 1. The maximum Gasteiger partial charge on any atom is 0.407 e. The molecule has 3 rings (SSSR count). The van der Waals surface area contributed by atoms with E-state index >= 15 is 0 Å². The average Bonchev–Trinajstić information content (AvgIpc) is 2.60. The highest BCUT2D eigenvalue weighted by Crippen LogP contribution is 2.29.